The summed E-state index contributed by atoms with van der Waals surface area (Å²) in [6.45, 7) is 5.33. The number of hydrogen-bond acceptors (Lipinski definition) is 2. The van der Waals surface area contributed by atoms with Crippen LogP contribution in [0, 0.1) is 0 Å². The van der Waals surface area contributed by atoms with Crippen molar-refractivity contribution in [2.75, 3.05) is 13.1 Å². The molecule has 0 amide bonds. The maximum Gasteiger partial charge on any atom is 0.133 e. The van der Waals surface area contributed by atoms with Crippen LogP contribution in [0.25, 0.3) is 0 Å². The second-order valence-corrected chi connectivity index (χ2v) is 2.61. The van der Waals surface area contributed by atoms with Gasteiger partial charge in [-0.1, -0.05) is 6.08 Å². The van der Waals surface area contributed by atoms with Crippen molar-refractivity contribution in [2.24, 2.45) is 0 Å². The third-order valence-electron chi connectivity index (χ3n) is 2.00. The predicted octanol–water partition coefficient (Wildman–Crippen LogP) is 0.836. The Labute approximate surface area is 61.5 Å². The largest absolute Gasteiger partial charge is 0.302 e. The summed E-state index contributed by atoms with van der Waals surface area (Å²) >= 11 is 0. The summed E-state index contributed by atoms with van der Waals surface area (Å²) in [6, 6.07) is 0.449. The van der Waals surface area contributed by atoms with Crippen LogP contribution in [0.3, 0.4) is 0 Å². The fourth-order valence-electron chi connectivity index (χ4n) is 1.44. The Hall–Kier alpha value is -0.630. The van der Waals surface area contributed by atoms with E-state index >= 15 is 0 Å². The first-order valence-corrected chi connectivity index (χ1v) is 3.68. The standard InChI is InChI=1S/C8H13NO/c1-2-8-4-3-5-9(8)6-7-10/h2,7-8H,1,3-6H2. The molecule has 0 radical (unpaired) electrons. The van der Waals surface area contributed by atoms with E-state index in [0.717, 1.165) is 19.3 Å². The summed E-state index contributed by atoms with van der Waals surface area (Å²) in [5.41, 5.74) is 0. The average Bonchev–Trinajstić information content (AvgIpc) is 2.36. The van der Waals surface area contributed by atoms with Crippen molar-refractivity contribution in [1.82, 2.24) is 4.90 Å². The second-order valence-electron chi connectivity index (χ2n) is 2.61. The van der Waals surface area contributed by atoms with Crippen LogP contribution in [0.2, 0.25) is 0 Å². The molecule has 1 aliphatic rings. The van der Waals surface area contributed by atoms with Gasteiger partial charge in [0.2, 0.25) is 0 Å². The van der Waals surface area contributed by atoms with Gasteiger partial charge < -0.3 is 4.79 Å². The molecule has 56 valence electrons. The minimum absolute atomic E-state index is 0.449. The van der Waals surface area contributed by atoms with Gasteiger partial charge in [0.15, 0.2) is 0 Å². The van der Waals surface area contributed by atoms with Crippen molar-refractivity contribution in [3.05, 3.63) is 12.7 Å². The van der Waals surface area contributed by atoms with Crippen LogP contribution in [-0.4, -0.2) is 30.3 Å². The molecule has 0 saturated carbocycles. The summed E-state index contributed by atoms with van der Waals surface area (Å²) in [4.78, 5) is 12.3. The monoisotopic (exact) mass is 139 g/mol. The predicted molar refractivity (Wildman–Crippen MR) is 40.9 cm³/mol. The average molecular weight is 139 g/mol. The van der Waals surface area contributed by atoms with Crippen LogP contribution in [0.4, 0.5) is 0 Å². The molecule has 0 N–H and O–H groups in total. The molecule has 0 aromatic carbocycles. The first-order chi connectivity index (χ1) is 4.88. The van der Waals surface area contributed by atoms with E-state index in [2.05, 4.69) is 11.5 Å². The van der Waals surface area contributed by atoms with E-state index in [-0.39, 0.29) is 0 Å². The molecule has 2 heteroatoms. The quantitative estimate of drug-likeness (QED) is 0.426. The molecule has 0 spiro atoms. The summed E-state index contributed by atoms with van der Waals surface area (Å²) < 4.78 is 0. The summed E-state index contributed by atoms with van der Waals surface area (Å²) in [5, 5.41) is 0. The molecule has 1 heterocycles. The lowest BCUT2D eigenvalue weighted by Crippen LogP contribution is -2.29. The lowest BCUT2D eigenvalue weighted by molar-refractivity contribution is -0.108. The molecule has 0 aromatic rings. The molecule has 1 atom stereocenters. The molecule has 1 saturated heterocycles. The van der Waals surface area contributed by atoms with Crippen LogP contribution in [0.1, 0.15) is 12.8 Å². The van der Waals surface area contributed by atoms with E-state index in [9.17, 15) is 4.79 Å². The number of likely N-dealkylation sites (tertiary alicyclic amines) is 1. The lowest BCUT2D eigenvalue weighted by Gasteiger charge is -2.17. The van der Waals surface area contributed by atoms with Crippen molar-refractivity contribution in [1.29, 1.82) is 0 Å². The van der Waals surface area contributed by atoms with E-state index < -0.39 is 0 Å². The molecule has 1 fully saturated rings. The van der Waals surface area contributed by atoms with Gasteiger partial charge in [-0.2, -0.15) is 0 Å². The number of nitrogens with zero attached hydrogens (tertiary/aromatic N) is 1. The number of rotatable bonds is 3. The molecular formula is C8H13NO. The first kappa shape index (κ1) is 7.48. The Morgan fingerprint density at radius 1 is 1.70 bits per heavy atom. The molecule has 1 rings (SSSR count). The summed E-state index contributed by atoms with van der Waals surface area (Å²) in [6.07, 6.45) is 5.25. The molecule has 10 heavy (non-hydrogen) atoms. The van der Waals surface area contributed by atoms with Crippen molar-refractivity contribution >= 4 is 6.29 Å². The highest BCUT2D eigenvalue weighted by Gasteiger charge is 2.20. The van der Waals surface area contributed by atoms with Crippen molar-refractivity contribution in [3.8, 4) is 0 Å². The highest BCUT2D eigenvalue weighted by Crippen LogP contribution is 2.16. The molecule has 1 aliphatic heterocycles. The molecule has 0 aliphatic carbocycles. The number of carbonyl (C=O) groups excluding carboxylic acids is 1. The van der Waals surface area contributed by atoms with Crippen LogP contribution in [0.5, 0.6) is 0 Å². The highest BCUT2D eigenvalue weighted by atomic mass is 16.1. The van der Waals surface area contributed by atoms with E-state index in [4.69, 9.17) is 0 Å². The van der Waals surface area contributed by atoms with E-state index in [0.29, 0.717) is 12.6 Å². The van der Waals surface area contributed by atoms with Gasteiger partial charge in [0.25, 0.3) is 0 Å². The van der Waals surface area contributed by atoms with Gasteiger partial charge in [0.05, 0.1) is 6.54 Å². The first-order valence-electron chi connectivity index (χ1n) is 3.68. The van der Waals surface area contributed by atoms with Gasteiger partial charge in [-0.05, 0) is 19.4 Å². The van der Waals surface area contributed by atoms with Crippen molar-refractivity contribution in [3.63, 3.8) is 0 Å². The van der Waals surface area contributed by atoms with Crippen molar-refractivity contribution in [2.45, 2.75) is 18.9 Å². The van der Waals surface area contributed by atoms with Crippen LogP contribution >= 0.6 is 0 Å². The third-order valence-corrected chi connectivity index (χ3v) is 2.00. The smallest absolute Gasteiger partial charge is 0.133 e. The van der Waals surface area contributed by atoms with Crippen LogP contribution < -0.4 is 0 Å². The summed E-state index contributed by atoms with van der Waals surface area (Å²) in [7, 11) is 0. The zero-order valence-electron chi connectivity index (χ0n) is 6.12. The number of hydrogen-bond donors (Lipinski definition) is 0. The molecule has 1 unspecified atom stereocenters. The van der Waals surface area contributed by atoms with Gasteiger partial charge in [-0.25, -0.2) is 0 Å². The molecule has 0 aromatic heterocycles. The minimum Gasteiger partial charge on any atom is -0.302 e. The van der Waals surface area contributed by atoms with E-state index in [1.165, 1.54) is 6.42 Å². The van der Waals surface area contributed by atoms with E-state index in [1.54, 1.807) is 0 Å². The van der Waals surface area contributed by atoms with E-state index in [1.807, 2.05) is 6.08 Å². The Morgan fingerprint density at radius 2 is 2.50 bits per heavy atom. The molecular weight excluding hydrogens is 126 g/mol. The van der Waals surface area contributed by atoms with Crippen LogP contribution in [0.15, 0.2) is 12.7 Å². The van der Waals surface area contributed by atoms with Gasteiger partial charge in [-0.3, -0.25) is 4.90 Å². The topological polar surface area (TPSA) is 20.3 Å². The zero-order valence-corrected chi connectivity index (χ0v) is 6.12. The van der Waals surface area contributed by atoms with Gasteiger partial charge in [0, 0.05) is 6.04 Å². The Kier molecular flexibility index (Phi) is 2.63. The molecule has 2 nitrogen and oxygen atoms in total. The zero-order chi connectivity index (χ0) is 7.40. The normalized spacial score (nSPS) is 26.6. The van der Waals surface area contributed by atoms with Gasteiger partial charge >= 0.3 is 0 Å². The fourth-order valence-corrected chi connectivity index (χ4v) is 1.44. The number of carbonyl (C=O) groups is 1. The minimum atomic E-state index is 0.449. The Balaban J connectivity index is 2.41. The highest BCUT2D eigenvalue weighted by molar-refractivity contribution is 5.52. The van der Waals surface area contributed by atoms with Crippen molar-refractivity contribution < 1.29 is 4.79 Å². The SMILES string of the molecule is C=CC1CCCN1CC=O. The van der Waals surface area contributed by atoms with Gasteiger partial charge in [-0.15, -0.1) is 6.58 Å². The van der Waals surface area contributed by atoms with Gasteiger partial charge in [0.1, 0.15) is 6.29 Å². The third kappa shape index (κ3) is 1.45. The maximum atomic E-state index is 10.1. The Bertz CT molecular complexity index is 133. The Morgan fingerprint density at radius 3 is 3.10 bits per heavy atom. The maximum absolute atomic E-state index is 10.1. The lowest BCUT2D eigenvalue weighted by atomic mass is 10.2. The van der Waals surface area contributed by atoms with Crippen LogP contribution in [-0.2, 0) is 4.79 Å². The fraction of sp³-hybridized carbons (Fsp3) is 0.625. The second kappa shape index (κ2) is 3.52. The summed E-state index contributed by atoms with van der Waals surface area (Å²) in [5.74, 6) is 0. The number of aldehydes is 1. The molecule has 0 bridgehead atoms.